The Morgan fingerprint density at radius 3 is 2.26 bits per heavy atom. The van der Waals surface area contributed by atoms with Gasteiger partial charge in [-0.25, -0.2) is 4.79 Å². The smallest absolute Gasteiger partial charge is 0.337 e. The number of allylic oxidation sites excluding steroid dienone is 1. The fourth-order valence-corrected chi connectivity index (χ4v) is 1.45. The molecule has 19 heavy (non-hydrogen) atoms. The van der Waals surface area contributed by atoms with Crippen molar-refractivity contribution in [1.29, 1.82) is 0 Å². The van der Waals surface area contributed by atoms with Crippen LogP contribution in [0.2, 0.25) is 0 Å². The lowest BCUT2D eigenvalue weighted by molar-refractivity contribution is -0.136. The van der Waals surface area contributed by atoms with Gasteiger partial charge < -0.3 is 14.2 Å². The van der Waals surface area contributed by atoms with Gasteiger partial charge in [0.05, 0.1) is 19.8 Å². The molecule has 0 fully saturated rings. The van der Waals surface area contributed by atoms with Crippen LogP contribution in [0.3, 0.4) is 0 Å². The van der Waals surface area contributed by atoms with Crippen molar-refractivity contribution in [3.63, 3.8) is 0 Å². The van der Waals surface area contributed by atoms with Gasteiger partial charge in [-0.3, -0.25) is 0 Å². The predicted octanol–water partition coefficient (Wildman–Crippen LogP) is 2.75. The van der Waals surface area contributed by atoms with Gasteiger partial charge in [0, 0.05) is 0 Å². The molecule has 0 aliphatic heterocycles. The number of carbonyl (C=O) groups is 1. The van der Waals surface area contributed by atoms with Crippen molar-refractivity contribution in [3.05, 3.63) is 48.6 Å². The molecular formula is C15H18O4. The lowest BCUT2D eigenvalue weighted by Gasteiger charge is -2.17. The Kier molecular flexibility index (Phi) is 5.67. The summed E-state index contributed by atoms with van der Waals surface area (Å²) < 4.78 is 15.4. The van der Waals surface area contributed by atoms with Crippen LogP contribution in [-0.4, -0.2) is 26.3 Å². The maximum Gasteiger partial charge on any atom is 0.337 e. The Morgan fingerprint density at radius 2 is 1.79 bits per heavy atom. The Hall–Kier alpha value is -2.23. The average molecular weight is 262 g/mol. The molecule has 1 rings (SSSR count). The van der Waals surface area contributed by atoms with E-state index in [1.165, 1.54) is 7.11 Å². The van der Waals surface area contributed by atoms with Crippen LogP contribution in [0.15, 0.2) is 48.6 Å². The normalized spacial score (nSPS) is 11.9. The van der Waals surface area contributed by atoms with E-state index in [1.807, 2.05) is 6.92 Å². The zero-order chi connectivity index (χ0) is 14.3. The number of methoxy groups -OCH3 is 2. The molecule has 0 saturated carbocycles. The van der Waals surface area contributed by atoms with Gasteiger partial charge in [0.1, 0.15) is 17.6 Å². The van der Waals surface area contributed by atoms with Crippen molar-refractivity contribution in [2.45, 2.75) is 13.0 Å². The quantitative estimate of drug-likeness (QED) is 0.449. The van der Waals surface area contributed by atoms with Gasteiger partial charge in [-0.05, 0) is 37.3 Å². The molecule has 1 aromatic rings. The monoisotopic (exact) mass is 262 g/mol. The van der Waals surface area contributed by atoms with Crippen molar-refractivity contribution < 1.29 is 19.0 Å². The van der Waals surface area contributed by atoms with Crippen molar-refractivity contribution in [2.75, 3.05) is 14.2 Å². The summed E-state index contributed by atoms with van der Waals surface area (Å²) in [5.41, 5.74) is 0.247. The number of hydrogen-bond acceptors (Lipinski definition) is 4. The molecule has 0 saturated heterocycles. The van der Waals surface area contributed by atoms with Crippen LogP contribution in [0.5, 0.6) is 11.5 Å². The molecule has 0 aliphatic rings. The van der Waals surface area contributed by atoms with Crippen LogP contribution in [0.1, 0.15) is 6.92 Å². The van der Waals surface area contributed by atoms with Gasteiger partial charge in [-0.2, -0.15) is 0 Å². The molecule has 102 valence electrons. The van der Waals surface area contributed by atoms with E-state index in [9.17, 15) is 4.79 Å². The van der Waals surface area contributed by atoms with Crippen LogP contribution >= 0.6 is 0 Å². The Balaban J connectivity index is 2.83. The molecule has 1 aromatic carbocycles. The molecule has 4 nitrogen and oxygen atoms in total. The summed E-state index contributed by atoms with van der Waals surface area (Å²) in [5.74, 6) is 0.868. The fourth-order valence-electron chi connectivity index (χ4n) is 1.45. The largest absolute Gasteiger partial charge is 0.497 e. The molecular weight excluding hydrogens is 244 g/mol. The van der Waals surface area contributed by atoms with Crippen LogP contribution in [0, 0.1) is 0 Å². The summed E-state index contributed by atoms with van der Waals surface area (Å²) in [6.45, 7) is 5.54. The molecule has 4 heteroatoms. The molecule has 1 atom stereocenters. The molecule has 1 unspecified atom stereocenters. The van der Waals surface area contributed by atoms with Gasteiger partial charge in [0.15, 0.2) is 0 Å². The number of hydrogen-bond donors (Lipinski definition) is 0. The SMILES string of the molecule is C=C(C(=O)OC)C(/C=C/C)Oc1ccc(OC)cc1. The highest BCUT2D eigenvalue weighted by Gasteiger charge is 2.18. The Labute approximate surface area is 113 Å². The molecule has 0 heterocycles. The minimum atomic E-state index is -0.550. The van der Waals surface area contributed by atoms with E-state index in [4.69, 9.17) is 9.47 Å². The van der Waals surface area contributed by atoms with Crippen molar-refractivity contribution in [1.82, 2.24) is 0 Å². The van der Waals surface area contributed by atoms with Crippen LogP contribution in [0.25, 0.3) is 0 Å². The van der Waals surface area contributed by atoms with Gasteiger partial charge in [-0.1, -0.05) is 12.7 Å². The molecule has 0 spiro atoms. The maximum absolute atomic E-state index is 11.5. The number of ether oxygens (including phenoxy) is 3. The molecule has 0 aromatic heterocycles. The average Bonchev–Trinajstić information content (AvgIpc) is 2.46. The molecule has 0 N–H and O–H groups in total. The second-order valence-electron chi connectivity index (χ2n) is 3.76. The maximum atomic E-state index is 11.5. The third-order valence-electron chi connectivity index (χ3n) is 2.48. The van der Waals surface area contributed by atoms with Crippen LogP contribution < -0.4 is 9.47 Å². The van der Waals surface area contributed by atoms with Gasteiger partial charge in [0.2, 0.25) is 0 Å². The standard InChI is InChI=1S/C15H18O4/c1-5-6-14(11(2)15(16)18-4)19-13-9-7-12(17-3)8-10-13/h5-10,14H,2H2,1,3-4H3/b6-5+. The zero-order valence-electron chi connectivity index (χ0n) is 11.4. The summed E-state index contributed by atoms with van der Waals surface area (Å²) in [7, 11) is 2.91. The predicted molar refractivity (Wildman–Crippen MR) is 73.4 cm³/mol. The third-order valence-corrected chi connectivity index (χ3v) is 2.48. The second-order valence-corrected chi connectivity index (χ2v) is 3.76. The minimum absolute atomic E-state index is 0.247. The van der Waals surface area contributed by atoms with Gasteiger partial charge in [-0.15, -0.1) is 0 Å². The summed E-state index contributed by atoms with van der Waals surface area (Å²) in [6.07, 6.45) is 2.98. The Morgan fingerprint density at radius 1 is 1.21 bits per heavy atom. The number of rotatable bonds is 6. The van der Waals surface area contributed by atoms with Crippen LogP contribution in [0.4, 0.5) is 0 Å². The first-order chi connectivity index (χ1) is 9.12. The first kappa shape index (κ1) is 14.8. The van der Waals surface area contributed by atoms with E-state index < -0.39 is 12.1 Å². The third kappa shape index (κ3) is 4.17. The van der Waals surface area contributed by atoms with Crippen molar-refractivity contribution >= 4 is 5.97 Å². The molecule has 0 aliphatic carbocycles. The lowest BCUT2D eigenvalue weighted by atomic mass is 10.1. The highest BCUT2D eigenvalue weighted by Crippen LogP contribution is 2.20. The van der Waals surface area contributed by atoms with E-state index >= 15 is 0 Å². The zero-order valence-corrected chi connectivity index (χ0v) is 11.4. The molecule has 0 radical (unpaired) electrons. The fraction of sp³-hybridized carbons (Fsp3) is 0.267. The Bertz CT molecular complexity index is 460. The second kappa shape index (κ2) is 7.26. The summed E-state index contributed by atoms with van der Waals surface area (Å²) >= 11 is 0. The highest BCUT2D eigenvalue weighted by atomic mass is 16.5. The minimum Gasteiger partial charge on any atom is -0.497 e. The lowest BCUT2D eigenvalue weighted by Crippen LogP contribution is -2.22. The van der Waals surface area contributed by atoms with Gasteiger partial charge >= 0.3 is 5.97 Å². The first-order valence-corrected chi connectivity index (χ1v) is 5.83. The molecule has 0 amide bonds. The van der Waals surface area contributed by atoms with E-state index in [-0.39, 0.29) is 5.57 Å². The van der Waals surface area contributed by atoms with Crippen molar-refractivity contribution in [3.8, 4) is 11.5 Å². The van der Waals surface area contributed by atoms with E-state index in [1.54, 1.807) is 43.5 Å². The molecule has 0 bridgehead atoms. The summed E-state index contributed by atoms with van der Waals surface area (Å²) in [5, 5.41) is 0. The highest BCUT2D eigenvalue weighted by molar-refractivity contribution is 5.89. The number of carbonyl (C=O) groups excluding carboxylic acids is 1. The summed E-state index contributed by atoms with van der Waals surface area (Å²) in [4.78, 5) is 11.5. The number of esters is 1. The van der Waals surface area contributed by atoms with Gasteiger partial charge in [0.25, 0.3) is 0 Å². The van der Waals surface area contributed by atoms with E-state index in [0.717, 1.165) is 5.75 Å². The number of benzene rings is 1. The van der Waals surface area contributed by atoms with Crippen molar-refractivity contribution in [2.24, 2.45) is 0 Å². The first-order valence-electron chi connectivity index (χ1n) is 5.83. The van der Waals surface area contributed by atoms with E-state index in [2.05, 4.69) is 11.3 Å². The topological polar surface area (TPSA) is 44.8 Å². The summed E-state index contributed by atoms with van der Waals surface area (Å²) in [6, 6.07) is 7.09. The van der Waals surface area contributed by atoms with Crippen LogP contribution in [-0.2, 0) is 9.53 Å². The van der Waals surface area contributed by atoms with E-state index in [0.29, 0.717) is 5.75 Å².